The average molecular weight is 175 g/mol. The molecule has 0 N–H and O–H groups in total. The van der Waals surface area contributed by atoms with E-state index in [0.717, 1.165) is 19.3 Å². The van der Waals surface area contributed by atoms with Crippen molar-refractivity contribution in [3.63, 3.8) is 0 Å². The molecule has 0 aliphatic rings. The second kappa shape index (κ2) is 5.41. The Morgan fingerprint density at radius 1 is 1.15 bits per heavy atom. The van der Waals surface area contributed by atoms with Gasteiger partial charge in [0.25, 0.3) is 0 Å². The molecular formula is C12H15O. The minimum absolute atomic E-state index is 0.0906. The van der Waals surface area contributed by atoms with E-state index >= 15 is 0 Å². The Balaban J connectivity index is 2.37. The molecule has 1 aromatic carbocycles. The maximum absolute atomic E-state index is 10.8. The van der Waals surface area contributed by atoms with Crippen molar-refractivity contribution in [1.29, 1.82) is 0 Å². The van der Waals surface area contributed by atoms with Gasteiger partial charge >= 0.3 is 0 Å². The first-order valence-corrected chi connectivity index (χ1v) is 4.74. The van der Waals surface area contributed by atoms with Gasteiger partial charge in [-0.1, -0.05) is 31.2 Å². The molecule has 0 unspecified atom stereocenters. The van der Waals surface area contributed by atoms with Crippen molar-refractivity contribution in [1.82, 2.24) is 0 Å². The lowest BCUT2D eigenvalue weighted by molar-refractivity contribution is 0.355. The zero-order valence-electron chi connectivity index (χ0n) is 7.99. The molecule has 1 radical (unpaired) electrons. The average Bonchev–Trinajstić information content (AvgIpc) is 2.15. The fourth-order valence-corrected chi connectivity index (χ4v) is 1.19. The van der Waals surface area contributed by atoms with Crippen LogP contribution in [0.15, 0.2) is 36.4 Å². The van der Waals surface area contributed by atoms with E-state index in [4.69, 9.17) is 0 Å². The van der Waals surface area contributed by atoms with Crippen molar-refractivity contribution in [2.24, 2.45) is 0 Å². The normalized spacial score (nSPS) is 10.8. The van der Waals surface area contributed by atoms with E-state index in [0.29, 0.717) is 0 Å². The van der Waals surface area contributed by atoms with Crippen LogP contribution in [0.1, 0.15) is 25.3 Å². The standard InChI is InChI=1S/C12H15O/c1-2-3-4-5-6-11-7-9-12(13)10-8-11/h3-4,7-10H,2,5-6H2,1H3. The van der Waals surface area contributed by atoms with Gasteiger partial charge in [-0.25, -0.2) is 0 Å². The third kappa shape index (κ3) is 3.79. The molecule has 0 aromatic heterocycles. The molecule has 0 spiro atoms. The van der Waals surface area contributed by atoms with Gasteiger partial charge in [0.1, 0.15) is 0 Å². The first-order valence-electron chi connectivity index (χ1n) is 4.74. The summed E-state index contributed by atoms with van der Waals surface area (Å²) >= 11 is 0. The molecule has 69 valence electrons. The third-order valence-corrected chi connectivity index (χ3v) is 1.93. The summed E-state index contributed by atoms with van der Waals surface area (Å²) < 4.78 is 0. The Morgan fingerprint density at radius 3 is 2.46 bits per heavy atom. The molecule has 0 amide bonds. The van der Waals surface area contributed by atoms with E-state index in [1.807, 2.05) is 12.1 Å². The van der Waals surface area contributed by atoms with Crippen LogP contribution in [-0.4, -0.2) is 0 Å². The first-order chi connectivity index (χ1) is 6.33. The largest absolute Gasteiger partial charge is 0.290 e. The Morgan fingerprint density at radius 2 is 1.85 bits per heavy atom. The summed E-state index contributed by atoms with van der Waals surface area (Å²) in [6.07, 6.45) is 7.54. The van der Waals surface area contributed by atoms with Gasteiger partial charge in [-0.3, -0.25) is 5.11 Å². The lowest BCUT2D eigenvalue weighted by Gasteiger charge is -1.96. The Bertz CT molecular complexity index is 259. The molecular weight excluding hydrogens is 160 g/mol. The minimum Gasteiger partial charge on any atom is -0.290 e. The summed E-state index contributed by atoms with van der Waals surface area (Å²) in [5.41, 5.74) is 1.24. The topological polar surface area (TPSA) is 19.9 Å². The molecule has 0 bridgehead atoms. The number of hydrogen-bond donors (Lipinski definition) is 0. The second-order valence-corrected chi connectivity index (χ2v) is 3.06. The van der Waals surface area contributed by atoms with Gasteiger partial charge in [0.15, 0.2) is 5.75 Å². The number of rotatable bonds is 4. The van der Waals surface area contributed by atoms with Crippen LogP contribution in [0.3, 0.4) is 0 Å². The minimum atomic E-state index is 0.0906. The molecule has 0 fully saturated rings. The van der Waals surface area contributed by atoms with Crippen molar-refractivity contribution in [3.05, 3.63) is 42.0 Å². The molecule has 0 aliphatic heterocycles. The number of hydrogen-bond acceptors (Lipinski definition) is 0. The predicted octanol–water partition coefficient (Wildman–Crippen LogP) is 3.73. The molecule has 1 rings (SSSR count). The van der Waals surface area contributed by atoms with Gasteiger partial charge in [-0.2, -0.15) is 0 Å². The summed E-state index contributed by atoms with van der Waals surface area (Å²) in [5.74, 6) is 0.0906. The lowest BCUT2D eigenvalue weighted by atomic mass is 10.1. The van der Waals surface area contributed by atoms with Crippen molar-refractivity contribution in [2.45, 2.75) is 26.2 Å². The molecule has 0 heterocycles. The highest BCUT2D eigenvalue weighted by Gasteiger charge is 1.92. The number of aryl methyl sites for hydroxylation is 1. The highest BCUT2D eigenvalue weighted by Crippen LogP contribution is 2.11. The second-order valence-electron chi connectivity index (χ2n) is 3.06. The summed E-state index contributed by atoms with van der Waals surface area (Å²) in [4.78, 5) is 0. The molecule has 1 nitrogen and oxygen atoms in total. The Kier molecular flexibility index (Phi) is 4.10. The van der Waals surface area contributed by atoms with Gasteiger partial charge < -0.3 is 0 Å². The summed E-state index contributed by atoms with van der Waals surface area (Å²) in [7, 11) is 0. The molecule has 0 saturated heterocycles. The Labute approximate surface area is 79.7 Å². The van der Waals surface area contributed by atoms with Crippen molar-refractivity contribution in [2.75, 3.05) is 0 Å². The van der Waals surface area contributed by atoms with Crippen LogP contribution in [0.25, 0.3) is 0 Å². The van der Waals surface area contributed by atoms with Crippen LogP contribution in [0.5, 0.6) is 5.75 Å². The molecule has 1 heteroatoms. The molecule has 13 heavy (non-hydrogen) atoms. The fraction of sp³-hybridized carbons (Fsp3) is 0.333. The summed E-state index contributed by atoms with van der Waals surface area (Å²) in [6, 6.07) is 7.06. The van der Waals surface area contributed by atoms with E-state index in [1.54, 1.807) is 12.1 Å². The van der Waals surface area contributed by atoms with Crippen molar-refractivity contribution in [3.8, 4) is 5.75 Å². The molecule has 0 atom stereocenters. The van der Waals surface area contributed by atoms with Gasteiger partial charge in [0.2, 0.25) is 0 Å². The zero-order valence-corrected chi connectivity index (χ0v) is 7.99. The van der Waals surface area contributed by atoms with Crippen LogP contribution in [0.2, 0.25) is 0 Å². The van der Waals surface area contributed by atoms with E-state index < -0.39 is 0 Å². The summed E-state index contributed by atoms with van der Waals surface area (Å²) in [6.45, 7) is 2.13. The summed E-state index contributed by atoms with van der Waals surface area (Å²) in [5, 5.41) is 10.8. The maximum Gasteiger partial charge on any atom is 0.178 e. The van der Waals surface area contributed by atoms with Crippen LogP contribution < -0.4 is 0 Å². The van der Waals surface area contributed by atoms with E-state index in [1.165, 1.54) is 5.56 Å². The zero-order chi connectivity index (χ0) is 9.52. The molecule has 1 aromatic rings. The van der Waals surface area contributed by atoms with Crippen LogP contribution in [-0.2, 0) is 11.5 Å². The predicted molar refractivity (Wildman–Crippen MR) is 54.3 cm³/mol. The van der Waals surface area contributed by atoms with Gasteiger partial charge in [0.05, 0.1) is 0 Å². The van der Waals surface area contributed by atoms with Crippen LogP contribution >= 0.6 is 0 Å². The molecule has 0 aliphatic carbocycles. The van der Waals surface area contributed by atoms with Gasteiger partial charge in [-0.05, 0) is 37.0 Å². The monoisotopic (exact) mass is 175 g/mol. The van der Waals surface area contributed by atoms with Crippen molar-refractivity contribution < 1.29 is 5.11 Å². The third-order valence-electron chi connectivity index (χ3n) is 1.93. The van der Waals surface area contributed by atoms with E-state index in [2.05, 4.69) is 19.1 Å². The smallest absolute Gasteiger partial charge is 0.178 e. The SMILES string of the molecule is CCC=CCCc1ccc([O])cc1. The Hall–Kier alpha value is -1.24. The van der Waals surface area contributed by atoms with Crippen LogP contribution in [0.4, 0.5) is 0 Å². The van der Waals surface area contributed by atoms with Gasteiger partial charge in [0, 0.05) is 0 Å². The fourth-order valence-electron chi connectivity index (χ4n) is 1.19. The number of allylic oxidation sites excluding steroid dienone is 2. The van der Waals surface area contributed by atoms with Crippen molar-refractivity contribution >= 4 is 0 Å². The molecule has 0 saturated carbocycles. The quantitative estimate of drug-likeness (QED) is 0.621. The first kappa shape index (κ1) is 9.85. The van der Waals surface area contributed by atoms with Crippen LogP contribution in [0, 0.1) is 0 Å². The highest BCUT2D eigenvalue weighted by molar-refractivity contribution is 5.25. The maximum atomic E-state index is 10.8. The van der Waals surface area contributed by atoms with E-state index in [9.17, 15) is 5.11 Å². The van der Waals surface area contributed by atoms with Gasteiger partial charge in [-0.15, -0.1) is 0 Å². The lowest BCUT2D eigenvalue weighted by Crippen LogP contribution is -1.81. The van der Waals surface area contributed by atoms with E-state index in [-0.39, 0.29) is 5.75 Å². The highest BCUT2D eigenvalue weighted by atomic mass is 16.3. The number of benzene rings is 1.